The zero-order chi connectivity index (χ0) is 9.84. The van der Waals surface area contributed by atoms with Crippen LogP contribution in [-0.4, -0.2) is 26.5 Å². The topological polar surface area (TPSA) is 75.1 Å². The molecule has 0 radical (unpaired) electrons. The van der Waals surface area contributed by atoms with Gasteiger partial charge in [0, 0.05) is 6.20 Å². The highest BCUT2D eigenvalue weighted by molar-refractivity contribution is 6.21. The van der Waals surface area contributed by atoms with Crippen LogP contribution >= 0.6 is 11.6 Å². The first-order chi connectivity index (χ1) is 6.09. The van der Waals surface area contributed by atoms with E-state index in [2.05, 4.69) is 15.3 Å². The standard InChI is InChI=1S/C7H8ClN3O2/c1-4(8)10-5-2-3-9-6(11-5)7(12)13/h2-4H,1H3,(H,12,13)(H,9,10,11). The van der Waals surface area contributed by atoms with Gasteiger partial charge in [0.15, 0.2) is 0 Å². The first kappa shape index (κ1) is 9.73. The number of carboxylic acid groups (broad SMARTS) is 1. The number of halogens is 1. The predicted molar refractivity (Wildman–Crippen MR) is 47.9 cm³/mol. The number of nitrogens with zero attached hydrogens (tertiary/aromatic N) is 2. The number of alkyl halides is 1. The van der Waals surface area contributed by atoms with Crippen LogP contribution < -0.4 is 5.32 Å². The maximum atomic E-state index is 10.5. The Kier molecular flexibility index (Phi) is 3.02. The lowest BCUT2D eigenvalue weighted by molar-refractivity contribution is 0.0683. The summed E-state index contributed by atoms with van der Waals surface area (Å²) in [4.78, 5) is 17.7. The molecule has 0 amide bonds. The minimum Gasteiger partial charge on any atom is -0.475 e. The Balaban J connectivity index is 2.85. The van der Waals surface area contributed by atoms with E-state index in [1.807, 2.05) is 0 Å². The molecule has 1 atom stereocenters. The summed E-state index contributed by atoms with van der Waals surface area (Å²) < 4.78 is 0. The Morgan fingerprint density at radius 2 is 2.46 bits per heavy atom. The predicted octanol–water partition coefficient (Wildman–Crippen LogP) is 1.17. The molecule has 0 aliphatic carbocycles. The zero-order valence-corrected chi connectivity index (χ0v) is 7.62. The van der Waals surface area contributed by atoms with Crippen LogP contribution in [0.3, 0.4) is 0 Å². The molecule has 0 bridgehead atoms. The normalized spacial score (nSPS) is 12.2. The third-order valence-corrected chi connectivity index (χ3v) is 1.30. The molecule has 0 spiro atoms. The third kappa shape index (κ3) is 2.87. The van der Waals surface area contributed by atoms with Crippen LogP contribution in [0.1, 0.15) is 17.5 Å². The lowest BCUT2D eigenvalue weighted by atomic mass is 10.5. The summed E-state index contributed by atoms with van der Waals surface area (Å²) in [6.45, 7) is 1.71. The monoisotopic (exact) mass is 201 g/mol. The van der Waals surface area contributed by atoms with E-state index in [0.29, 0.717) is 5.82 Å². The van der Waals surface area contributed by atoms with Gasteiger partial charge in [0.05, 0.1) is 5.50 Å². The highest BCUT2D eigenvalue weighted by Crippen LogP contribution is 2.05. The summed E-state index contributed by atoms with van der Waals surface area (Å²) in [5.41, 5.74) is -0.309. The fourth-order valence-electron chi connectivity index (χ4n) is 0.746. The molecule has 1 unspecified atom stereocenters. The van der Waals surface area contributed by atoms with Gasteiger partial charge in [-0.15, -0.1) is 0 Å². The van der Waals surface area contributed by atoms with E-state index >= 15 is 0 Å². The molecule has 0 aliphatic rings. The Morgan fingerprint density at radius 3 is 3.00 bits per heavy atom. The number of anilines is 1. The van der Waals surface area contributed by atoms with Crippen molar-refractivity contribution >= 4 is 23.4 Å². The lowest BCUT2D eigenvalue weighted by Gasteiger charge is -2.06. The number of aromatic carboxylic acids is 1. The SMILES string of the molecule is CC(Cl)Nc1ccnc(C(=O)O)n1. The molecule has 1 heterocycles. The van der Waals surface area contributed by atoms with Gasteiger partial charge in [0.1, 0.15) is 5.82 Å². The maximum absolute atomic E-state index is 10.5. The summed E-state index contributed by atoms with van der Waals surface area (Å²) in [6, 6.07) is 1.55. The first-order valence-electron chi connectivity index (χ1n) is 3.56. The van der Waals surface area contributed by atoms with Crippen molar-refractivity contribution in [1.29, 1.82) is 0 Å². The summed E-state index contributed by atoms with van der Waals surface area (Å²) in [5, 5.41) is 11.3. The highest BCUT2D eigenvalue weighted by atomic mass is 35.5. The van der Waals surface area contributed by atoms with Crippen LogP contribution in [0.25, 0.3) is 0 Å². The maximum Gasteiger partial charge on any atom is 0.374 e. The second-order valence-electron chi connectivity index (χ2n) is 2.33. The Hall–Kier alpha value is -1.36. The average molecular weight is 202 g/mol. The summed E-state index contributed by atoms with van der Waals surface area (Å²) in [5.74, 6) is -1.01. The van der Waals surface area contributed by atoms with Crippen molar-refractivity contribution in [2.24, 2.45) is 0 Å². The molecule has 1 rings (SSSR count). The molecule has 5 nitrogen and oxygen atoms in total. The van der Waals surface area contributed by atoms with E-state index in [-0.39, 0.29) is 11.3 Å². The van der Waals surface area contributed by atoms with Crippen LogP contribution in [0.4, 0.5) is 5.82 Å². The number of carboxylic acids is 1. The molecule has 1 aromatic heterocycles. The van der Waals surface area contributed by atoms with Gasteiger partial charge in [-0.05, 0) is 13.0 Å². The van der Waals surface area contributed by atoms with Crippen LogP contribution in [0, 0.1) is 0 Å². The van der Waals surface area contributed by atoms with Crippen molar-refractivity contribution < 1.29 is 9.90 Å². The molecular weight excluding hydrogens is 194 g/mol. The first-order valence-corrected chi connectivity index (χ1v) is 4.00. The number of rotatable bonds is 3. The van der Waals surface area contributed by atoms with E-state index in [4.69, 9.17) is 16.7 Å². The molecule has 13 heavy (non-hydrogen) atoms. The van der Waals surface area contributed by atoms with Gasteiger partial charge in [-0.25, -0.2) is 14.8 Å². The Bertz CT molecular complexity index is 316. The molecule has 0 aliphatic heterocycles. The highest BCUT2D eigenvalue weighted by Gasteiger charge is 2.07. The number of carbonyl (C=O) groups is 1. The zero-order valence-electron chi connectivity index (χ0n) is 6.86. The van der Waals surface area contributed by atoms with Crippen molar-refractivity contribution in [2.45, 2.75) is 12.4 Å². The number of hydrogen-bond acceptors (Lipinski definition) is 4. The van der Waals surface area contributed by atoms with Crippen LogP contribution in [0.2, 0.25) is 0 Å². The van der Waals surface area contributed by atoms with E-state index < -0.39 is 5.97 Å². The molecule has 70 valence electrons. The van der Waals surface area contributed by atoms with Crippen molar-refractivity contribution in [3.05, 3.63) is 18.1 Å². The average Bonchev–Trinajstić information content (AvgIpc) is 2.03. The largest absolute Gasteiger partial charge is 0.475 e. The van der Waals surface area contributed by atoms with Gasteiger partial charge in [-0.1, -0.05) is 11.6 Å². The van der Waals surface area contributed by atoms with Crippen molar-refractivity contribution in [3.8, 4) is 0 Å². The quantitative estimate of drug-likeness (QED) is 0.567. The lowest BCUT2D eigenvalue weighted by Crippen LogP contribution is -2.11. The number of nitrogens with one attached hydrogen (secondary N) is 1. The minimum absolute atomic E-state index is 0.248. The third-order valence-electron chi connectivity index (χ3n) is 1.19. The van der Waals surface area contributed by atoms with Crippen LogP contribution in [-0.2, 0) is 0 Å². The van der Waals surface area contributed by atoms with Gasteiger partial charge in [-0.3, -0.25) is 0 Å². The van der Waals surface area contributed by atoms with Crippen molar-refractivity contribution in [2.75, 3.05) is 5.32 Å². The van der Waals surface area contributed by atoms with E-state index in [9.17, 15) is 4.79 Å². The fraction of sp³-hybridized carbons (Fsp3) is 0.286. The second kappa shape index (κ2) is 4.04. The molecule has 6 heteroatoms. The van der Waals surface area contributed by atoms with Crippen LogP contribution in [0.5, 0.6) is 0 Å². The van der Waals surface area contributed by atoms with Crippen molar-refractivity contribution in [1.82, 2.24) is 9.97 Å². The molecule has 0 saturated carbocycles. The minimum atomic E-state index is -1.16. The molecule has 0 fully saturated rings. The second-order valence-corrected chi connectivity index (χ2v) is 2.99. The van der Waals surface area contributed by atoms with Gasteiger partial charge in [0.25, 0.3) is 0 Å². The van der Waals surface area contributed by atoms with Gasteiger partial charge in [0.2, 0.25) is 5.82 Å². The van der Waals surface area contributed by atoms with Crippen LogP contribution in [0.15, 0.2) is 12.3 Å². The summed E-state index contributed by atoms with van der Waals surface area (Å²) >= 11 is 5.63. The summed E-state index contributed by atoms with van der Waals surface area (Å²) in [7, 11) is 0. The Labute approximate surface area is 79.8 Å². The van der Waals surface area contributed by atoms with Crippen molar-refractivity contribution in [3.63, 3.8) is 0 Å². The molecule has 0 saturated heterocycles. The molecule has 2 N–H and O–H groups in total. The fourth-order valence-corrected chi connectivity index (χ4v) is 0.858. The molecular formula is C7H8ClN3O2. The van der Waals surface area contributed by atoms with E-state index in [0.717, 1.165) is 0 Å². The van der Waals surface area contributed by atoms with E-state index in [1.54, 1.807) is 13.0 Å². The Morgan fingerprint density at radius 1 is 1.77 bits per heavy atom. The van der Waals surface area contributed by atoms with E-state index in [1.165, 1.54) is 6.20 Å². The van der Waals surface area contributed by atoms with Gasteiger partial charge in [-0.2, -0.15) is 0 Å². The number of aromatic nitrogens is 2. The summed E-state index contributed by atoms with van der Waals surface area (Å²) in [6.07, 6.45) is 1.36. The number of hydrogen-bond donors (Lipinski definition) is 2. The van der Waals surface area contributed by atoms with Gasteiger partial charge < -0.3 is 10.4 Å². The van der Waals surface area contributed by atoms with Gasteiger partial charge >= 0.3 is 5.97 Å². The molecule has 1 aromatic rings. The smallest absolute Gasteiger partial charge is 0.374 e. The molecule has 0 aromatic carbocycles.